The van der Waals surface area contributed by atoms with Gasteiger partial charge in [-0.3, -0.25) is 4.79 Å². The highest BCUT2D eigenvalue weighted by atomic mass is 35.5. The summed E-state index contributed by atoms with van der Waals surface area (Å²) in [6.07, 6.45) is 1.65. The molecule has 0 unspecified atom stereocenters. The molecule has 1 amide bonds. The van der Waals surface area contributed by atoms with Crippen LogP contribution in [0.5, 0.6) is 0 Å². The van der Waals surface area contributed by atoms with Gasteiger partial charge in [0.15, 0.2) is 5.69 Å². The van der Waals surface area contributed by atoms with Crippen molar-refractivity contribution in [3.63, 3.8) is 0 Å². The van der Waals surface area contributed by atoms with Crippen LogP contribution in [-0.2, 0) is 12.3 Å². The van der Waals surface area contributed by atoms with Gasteiger partial charge in [0.2, 0.25) is 0 Å². The molecule has 28 heavy (non-hydrogen) atoms. The van der Waals surface area contributed by atoms with E-state index in [1.807, 2.05) is 6.92 Å². The van der Waals surface area contributed by atoms with Gasteiger partial charge in [0.05, 0.1) is 6.54 Å². The third-order valence-electron chi connectivity index (χ3n) is 4.03. The van der Waals surface area contributed by atoms with E-state index in [9.17, 15) is 9.18 Å². The summed E-state index contributed by atoms with van der Waals surface area (Å²) in [5.41, 5.74) is 2.30. The van der Waals surface area contributed by atoms with E-state index in [0.29, 0.717) is 34.4 Å². The van der Waals surface area contributed by atoms with Crippen LogP contribution < -0.4 is 5.32 Å². The summed E-state index contributed by atoms with van der Waals surface area (Å²) in [6, 6.07) is 11.5. The maximum Gasteiger partial charge on any atom is 0.275 e. The molecule has 3 rings (SSSR count). The fourth-order valence-corrected chi connectivity index (χ4v) is 3.55. The maximum atomic E-state index is 13.1. The molecule has 0 aliphatic heterocycles. The van der Waals surface area contributed by atoms with Crippen molar-refractivity contribution in [1.29, 1.82) is 0 Å². The Kier molecular flexibility index (Phi) is 6.49. The molecule has 1 N–H and O–H groups in total. The molecular weight excluding hydrogens is 399 g/mol. The quantitative estimate of drug-likeness (QED) is 0.429. The van der Waals surface area contributed by atoms with E-state index >= 15 is 0 Å². The number of allylic oxidation sites excluding steroid dienone is 1. The molecule has 3 aromatic rings. The molecular formula is C20H18ClFN4OS. The van der Waals surface area contributed by atoms with E-state index in [1.165, 1.54) is 28.6 Å². The van der Waals surface area contributed by atoms with Gasteiger partial charge in [0, 0.05) is 21.4 Å². The van der Waals surface area contributed by atoms with E-state index in [0.717, 1.165) is 10.5 Å². The number of carbonyl (C=O) groups is 1. The normalized spacial score (nSPS) is 10.7. The maximum absolute atomic E-state index is 13.1. The molecule has 0 aliphatic carbocycles. The van der Waals surface area contributed by atoms with Crippen molar-refractivity contribution in [3.05, 3.63) is 82.9 Å². The van der Waals surface area contributed by atoms with Gasteiger partial charge in [0.25, 0.3) is 5.91 Å². The van der Waals surface area contributed by atoms with Crippen molar-refractivity contribution in [1.82, 2.24) is 15.0 Å². The zero-order chi connectivity index (χ0) is 20.1. The Morgan fingerprint density at radius 3 is 2.79 bits per heavy atom. The standard InChI is InChI=1S/C20H18ClFN4OS/c1-3-11-26-19(20(27)23-17-6-4-5-16(21)13(17)2)18(24-25-26)12-28-15-9-7-14(22)8-10-15/h3-10H,1,11-12H2,2H3,(H,23,27). The number of nitrogens with one attached hydrogen (secondary N) is 1. The summed E-state index contributed by atoms with van der Waals surface area (Å²) in [6.45, 7) is 5.89. The molecule has 0 saturated carbocycles. The number of rotatable bonds is 7. The fraction of sp³-hybridized carbons (Fsp3) is 0.150. The number of halogens is 2. The number of benzene rings is 2. The number of hydrogen-bond donors (Lipinski definition) is 1. The van der Waals surface area contributed by atoms with E-state index in [2.05, 4.69) is 22.2 Å². The molecule has 144 valence electrons. The predicted octanol–water partition coefficient (Wildman–Crippen LogP) is 5.11. The van der Waals surface area contributed by atoms with E-state index in [4.69, 9.17) is 11.6 Å². The lowest BCUT2D eigenvalue weighted by atomic mass is 10.2. The molecule has 1 aromatic heterocycles. The van der Waals surface area contributed by atoms with E-state index < -0.39 is 0 Å². The summed E-state index contributed by atoms with van der Waals surface area (Å²) in [5.74, 6) is -0.204. The van der Waals surface area contributed by atoms with Crippen molar-refractivity contribution < 1.29 is 9.18 Å². The van der Waals surface area contributed by atoms with Crippen LogP contribution in [0.4, 0.5) is 10.1 Å². The second kappa shape index (κ2) is 9.03. The van der Waals surface area contributed by atoms with Gasteiger partial charge in [0.1, 0.15) is 11.5 Å². The van der Waals surface area contributed by atoms with Crippen molar-refractivity contribution in [2.45, 2.75) is 24.1 Å². The molecule has 0 bridgehead atoms. The van der Waals surface area contributed by atoms with E-state index in [1.54, 1.807) is 36.4 Å². The number of aromatic nitrogens is 3. The third-order valence-corrected chi connectivity index (χ3v) is 5.46. The molecule has 0 atom stereocenters. The highest BCUT2D eigenvalue weighted by Gasteiger charge is 2.21. The zero-order valence-corrected chi connectivity index (χ0v) is 16.7. The molecule has 0 aliphatic rings. The number of nitrogens with zero attached hydrogens (tertiary/aromatic N) is 3. The first-order valence-corrected chi connectivity index (χ1v) is 9.84. The predicted molar refractivity (Wildman–Crippen MR) is 110 cm³/mol. The van der Waals surface area contributed by atoms with Crippen molar-refractivity contribution in [2.75, 3.05) is 5.32 Å². The average molecular weight is 417 g/mol. The van der Waals surface area contributed by atoms with Gasteiger partial charge in [-0.15, -0.1) is 23.4 Å². The van der Waals surface area contributed by atoms with Crippen molar-refractivity contribution in [2.24, 2.45) is 0 Å². The van der Waals surface area contributed by atoms with Crippen LogP contribution in [0.2, 0.25) is 5.02 Å². The molecule has 2 aromatic carbocycles. The first-order chi connectivity index (χ1) is 13.5. The molecule has 0 fully saturated rings. The minimum Gasteiger partial charge on any atom is -0.320 e. The van der Waals surface area contributed by atoms with Crippen LogP contribution in [0.25, 0.3) is 0 Å². The summed E-state index contributed by atoms with van der Waals surface area (Å²) in [5, 5.41) is 11.7. The number of hydrogen-bond acceptors (Lipinski definition) is 4. The van der Waals surface area contributed by atoms with Crippen LogP contribution in [0.3, 0.4) is 0 Å². The summed E-state index contributed by atoms with van der Waals surface area (Å²) >= 11 is 7.59. The van der Waals surface area contributed by atoms with Gasteiger partial charge in [-0.05, 0) is 48.9 Å². The van der Waals surface area contributed by atoms with Crippen LogP contribution >= 0.6 is 23.4 Å². The highest BCUT2D eigenvalue weighted by molar-refractivity contribution is 7.98. The Bertz CT molecular complexity index is 1000. The van der Waals surface area contributed by atoms with Gasteiger partial charge in [-0.1, -0.05) is 29.0 Å². The summed E-state index contributed by atoms with van der Waals surface area (Å²) < 4.78 is 14.6. The Labute approximate surface area is 171 Å². The Hall–Kier alpha value is -2.64. The van der Waals surface area contributed by atoms with Crippen molar-refractivity contribution >= 4 is 35.0 Å². The average Bonchev–Trinajstić information content (AvgIpc) is 3.08. The minimum absolute atomic E-state index is 0.293. The number of anilines is 1. The summed E-state index contributed by atoms with van der Waals surface area (Å²) in [7, 11) is 0. The zero-order valence-electron chi connectivity index (χ0n) is 15.2. The Balaban J connectivity index is 1.84. The second-order valence-corrected chi connectivity index (χ2v) is 7.42. The van der Waals surface area contributed by atoms with Crippen molar-refractivity contribution in [3.8, 4) is 0 Å². The van der Waals surface area contributed by atoms with Gasteiger partial charge in [-0.2, -0.15) is 0 Å². The largest absolute Gasteiger partial charge is 0.320 e. The first-order valence-electron chi connectivity index (χ1n) is 8.47. The molecule has 5 nitrogen and oxygen atoms in total. The summed E-state index contributed by atoms with van der Waals surface area (Å²) in [4.78, 5) is 13.8. The lowest BCUT2D eigenvalue weighted by Gasteiger charge is -2.11. The van der Waals surface area contributed by atoms with E-state index in [-0.39, 0.29) is 11.7 Å². The fourth-order valence-electron chi connectivity index (χ4n) is 2.55. The van der Waals surface area contributed by atoms with Crippen LogP contribution in [-0.4, -0.2) is 20.9 Å². The molecule has 0 saturated heterocycles. The minimum atomic E-state index is -0.327. The monoisotopic (exact) mass is 416 g/mol. The SMILES string of the molecule is C=CCn1nnc(CSc2ccc(F)cc2)c1C(=O)Nc1cccc(Cl)c1C. The highest BCUT2D eigenvalue weighted by Crippen LogP contribution is 2.26. The molecule has 0 spiro atoms. The molecule has 8 heteroatoms. The smallest absolute Gasteiger partial charge is 0.275 e. The topological polar surface area (TPSA) is 59.8 Å². The number of carbonyl (C=O) groups excluding carboxylic acids is 1. The first kappa shape index (κ1) is 20.1. The molecule has 0 radical (unpaired) electrons. The molecule has 1 heterocycles. The van der Waals surface area contributed by atoms with Crippen LogP contribution in [0.1, 0.15) is 21.7 Å². The number of amides is 1. The lowest BCUT2D eigenvalue weighted by molar-refractivity contribution is 0.101. The third kappa shape index (κ3) is 4.61. The Morgan fingerprint density at radius 1 is 1.32 bits per heavy atom. The second-order valence-electron chi connectivity index (χ2n) is 5.96. The van der Waals surface area contributed by atoms with Crippen LogP contribution in [0, 0.1) is 12.7 Å². The van der Waals surface area contributed by atoms with Gasteiger partial charge < -0.3 is 5.32 Å². The van der Waals surface area contributed by atoms with Gasteiger partial charge >= 0.3 is 0 Å². The van der Waals surface area contributed by atoms with Crippen LogP contribution in [0.15, 0.2) is 60.0 Å². The van der Waals surface area contributed by atoms with Gasteiger partial charge in [-0.25, -0.2) is 9.07 Å². The lowest BCUT2D eigenvalue weighted by Crippen LogP contribution is -2.19. The number of thioether (sulfide) groups is 1. The Morgan fingerprint density at radius 2 is 2.07 bits per heavy atom.